The molecular weight excluding hydrogens is 381 g/mol. The van der Waals surface area contributed by atoms with Gasteiger partial charge in [-0.05, 0) is 23.4 Å². The molecule has 0 aliphatic carbocycles. The zero-order valence-electron chi connectivity index (χ0n) is 14.9. The minimum absolute atomic E-state index is 0.167. The van der Waals surface area contributed by atoms with Gasteiger partial charge in [-0.25, -0.2) is 14.1 Å². The Morgan fingerprint density at radius 1 is 1.25 bits per heavy atom. The second-order valence-corrected chi connectivity index (χ2v) is 7.32. The van der Waals surface area contributed by atoms with Crippen molar-refractivity contribution < 1.29 is 18.3 Å². The van der Waals surface area contributed by atoms with Crippen LogP contribution in [0.15, 0.2) is 64.3 Å². The lowest BCUT2D eigenvalue weighted by Gasteiger charge is -2.07. The maximum atomic E-state index is 14.1. The summed E-state index contributed by atoms with van der Waals surface area (Å²) in [6.07, 6.45) is 1.82. The van der Waals surface area contributed by atoms with Crippen LogP contribution in [0.4, 0.5) is 4.39 Å². The average molecular weight is 397 g/mol. The number of rotatable bonds is 5. The van der Waals surface area contributed by atoms with Gasteiger partial charge in [0.25, 0.3) is 0 Å². The monoisotopic (exact) mass is 397 g/mol. The van der Waals surface area contributed by atoms with Crippen LogP contribution in [-0.2, 0) is 11.3 Å². The first-order chi connectivity index (χ1) is 13.7. The third-order valence-corrected chi connectivity index (χ3v) is 5.41. The summed E-state index contributed by atoms with van der Waals surface area (Å²) in [6.45, 7) is 0.345. The molecule has 1 unspecified atom stereocenters. The van der Waals surface area contributed by atoms with Crippen molar-refractivity contribution in [1.29, 1.82) is 0 Å². The van der Waals surface area contributed by atoms with Gasteiger partial charge in [-0.15, -0.1) is 0 Å². The standard InChI is InChI=1S/C20H16FN3O3S/c1-25-20-23-24-10-15(22-19(24)28-20)18-9-14-16(7-13(21)8-17(14)27-18)26-11-12-5-3-2-4-6-12/h2-10,20,23H,11H2,1H3. The van der Waals surface area contributed by atoms with Gasteiger partial charge in [-0.1, -0.05) is 30.3 Å². The van der Waals surface area contributed by atoms with Gasteiger partial charge < -0.3 is 13.9 Å². The van der Waals surface area contributed by atoms with Crippen LogP contribution < -0.4 is 10.2 Å². The second kappa shape index (κ2) is 6.88. The quantitative estimate of drug-likeness (QED) is 0.531. The topological polar surface area (TPSA) is 61.5 Å². The predicted molar refractivity (Wildman–Crippen MR) is 104 cm³/mol. The molecule has 0 spiro atoms. The maximum Gasteiger partial charge on any atom is 0.196 e. The van der Waals surface area contributed by atoms with Crippen LogP contribution >= 0.6 is 11.8 Å². The van der Waals surface area contributed by atoms with Crippen molar-refractivity contribution in [2.75, 3.05) is 12.5 Å². The highest BCUT2D eigenvalue weighted by molar-refractivity contribution is 7.99. The lowest BCUT2D eigenvalue weighted by molar-refractivity contribution is 0.187. The Bertz CT molecular complexity index is 1120. The number of nitrogens with zero attached hydrogens (tertiary/aromatic N) is 2. The van der Waals surface area contributed by atoms with Crippen LogP contribution in [0.1, 0.15) is 5.56 Å². The first-order valence-corrected chi connectivity index (χ1v) is 9.53. The van der Waals surface area contributed by atoms with E-state index in [1.807, 2.05) is 42.6 Å². The Morgan fingerprint density at radius 3 is 2.89 bits per heavy atom. The van der Waals surface area contributed by atoms with E-state index in [0.29, 0.717) is 34.8 Å². The number of thioether (sulfide) groups is 1. The minimum atomic E-state index is -0.413. The normalized spacial score (nSPS) is 15.6. The van der Waals surface area contributed by atoms with Crippen LogP contribution in [0, 0.1) is 5.82 Å². The molecule has 6 nitrogen and oxygen atoms in total. The molecule has 5 rings (SSSR count). The molecule has 1 N–H and O–H groups in total. The first-order valence-electron chi connectivity index (χ1n) is 8.65. The highest BCUT2D eigenvalue weighted by Crippen LogP contribution is 2.36. The summed E-state index contributed by atoms with van der Waals surface area (Å²) in [5.41, 5.74) is 5.04. The highest BCUT2D eigenvalue weighted by atomic mass is 32.2. The molecule has 3 heterocycles. The largest absolute Gasteiger partial charge is 0.488 e. The van der Waals surface area contributed by atoms with Crippen LogP contribution in [0.3, 0.4) is 0 Å². The third-order valence-electron chi connectivity index (χ3n) is 4.40. The summed E-state index contributed by atoms with van der Waals surface area (Å²) in [4.78, 5) is 4.56. The van der Waals surface area contributed by atoms with E-state index < -0.39 is 5.82 Å². The smallest absolute Gasteiger partial charge is 0.196 e. The van der Waals surface area contributed by atoms with Gasteiger partial charge >= 0.3 is 0 Å². The van der Waals surface area contributed by atoms with Crippen LogP contribution in [-0.4, -0.2) is 22.3 Å². The van der Waals surface area contributed by atoms with Gasteiger partial charge in [0.2, 0.25) is 0 Å². The van der Waals surface area contributed by atoms with Crippen molar-refractivity contribution in [1.82, 2.24) is 9.66 Å². The van der Waals surface area contributed by atoms with E-state index in [0.717, 1.165) is 10.7 Å². The van der Waals surface area contributed by atoms with Gasteiger partial charge in [0, 0.05) is 19.2 Å². The molecule has 2 aromatic carbocycles. The van der Waals surface area contributed by atoms with Gasteiger partial charge in [0.1, 0.15) is 29.5 Å². The summed E-state index contributed by atoms with van der Waals surface area (Å²) in [7, 11) is 1.63. The Balaban J connectivity index is 1.46. The van der Waals surface area contributed by atoms with Crippen LogP contribution in [0.2, 0.25) is 0 Å². The van der Waals surface area contributed by atoms with Crippen molar-refractivity contribution in [2.24, 2.45) is 0 Å². The summed E-state index contributed by atoms with van der Waals surface area (Å²) >= 11 is 1.46. The molecule has 0 radical (unpaired) electrons. The molecule has 0 saturated carbocycles. The SMILES string of the molecule is COC1Nn2cc(-c3cc4c(OCc5ccccc5)cc(F)cc4o3)nc2S1. The maximum absolute atomic E-state index is 14.1. The Morgan fingerprint density at radius 2 is 2.11 bits per heavy atom. The molecule has 142 valence electrons. The first kappa shape index (κ1) is 17.2. The van der Waals surface area contributed by atoms with Crippen molar-refractivity contribution in [3.05, 3.63) is 66.1 Å². The molecule has 0 bridgehead atoms. The van der Waals surface area contributed by atoms with Crippen molar-refractivity contribution >= 4 is 22.7 Å². The van der Waals surface area contributed by atoms with Crippen molar-refractivity contribution in [3.63, 3.8) is 0 Å². The minimum Gasteiger partial charge on any atom is -0.488 e. The Kier molecular flexibility index (Phi) is 4.22. The number of fused-ring (bicyclic) bond motifs is 2. The highest BCUT2D eigenvalue weighted by Gasteiger charge is 2.25. The number of nitrogens with one attached hydrogen (secondary N) is 1. The van der Waals surface area contributed by atoms with Gasteiger partial charge in [-0.3, -0.25) is 5.43 Å². The molecule has 4 aromatic rings. The number of aromatic nitrogens is 2. The van der Waals surface area contributed by atoms with Crippen molar-refractivity contribution in [3.8, 4) is 17.2 Å². The van der Waals surface area contributed by atoms with Gasteiger partial charge in [0.15, 0.2) is 16.5 Å². The average Bonchev–Trinajstić information content (AvgIpc) is 3.39. The zero-order chi connectivity index (χ0) is 19.1. The molecule has 8 heteroatoms. The lowest BCUT2D eigenvalue weighted by atomic mass is 10.2. The third kappa shape index (κ3) is 3.10. The predicted octanol–water partition coefficient (Wildman–Crippen LogP) is 4.59. The number of benzene rings is 2. The molecule has 28 heavy (non-hydrogen) atoms. The Labute approximate surface area is 164 Å². The molecule has 0 saturated heterocycles. The number of furan rings is 1. The fraction of sp³-hybridized carbons (Fsp3) is 0.150. The van der Waals surface area contributed by atoms with E-state index in [-0.39, 0.29) is 5.56 Å². The zero-order valence-corrected chi connectivity index (χ0v) is 15.7. The van der Waals surface area contributed by atoms with E-state index in [2.05, 4.69) is 10.4 Å². The summed E-state index contributed by atoms with van der Waals surface area (Å²) in [5.74, 6) is 0.569. The van der Waals surface area contributed by atoms with Gasteiger partial charge in [0.05, 0.1) is 11.6 Å². The number of ether oxygens (including phenoxy) is 2. The summed E-state index contributed by atoms with van der Waals surface area (Å²) in [5, 5.41) is 1.48. The number of hydrogen-bond acceptors (Lipinski definition) is 6. The number of hydrogen-bond donors (Lipinski definition) is 1. The molecule has 0 amide bonds. The second-order valence-electron chi connectivity index (χ2n) is 6.29. The number of imidazole rings is 1. The number of methoxy groups -OCH3 is 1. The van der Waals surface area contributed by atoms with E-state index in [4.69, 9.17) is 13.9 Å². The van der Waals surface area contributed by atoms with Crippen molar-refractivity contribution in [2.45, 2.75) is 17.3 Å². The fourth-order valence-corrected chi connectivity index (χ4v) is 3.87. The summed E-state index contributed by atoms with van der Waals surface area (Å²) < 4.78 is 32.8. The summed E-state index contributed by atoms with van der Waals surface area (Å²) in [6, 6.07) is 14.3. The number of halogens is 1. The molecule has 2 aromatic heterocycles. The van der Waals surface area contributed by atoms with Crippen LogP contribution in [0.5, 0.6) is 5.75 Å². The molecule has 1 aliphatic heterocycles. The van der Waals surface area contributed by atoms with E-state index >= 15 is 0 Å². The molecule has 0 fully saturated rings. The van der Waals surface area contributed by atoms with E-state index in [1.165, 1.54) is 23.9 Å². The molecular formula is C20H16FN3O3S. The van der Waals surface area contributed by atoms with E-state index in [9.17, 15) is 4.39 Å². The van der Waals surface area contributed by atoms with Crippen LogP contribution in [0.25, 0.3) is 22.4 Å². The lowest BCUT2D eigenvalue weighted by Crippen LogP contribution is -2.19. The van der Waals surface area contributed by atoms with Gasteiger partial charge in [-0.2, -0.15) is 0 Å². The fourth-order valence-electron chi connectivity index (χ4n) is 3.05. The van der Waals surface area contributed by atoms with E-state index in [1.54, 1.807) is 11.8 Å². The molecule has 1 atom stereocenters. The molecule has 1 aliphatic rings. The Hall–Kier alpha value is -2.97.